The van der Waals surface area contributed by atoms with Crippen LogP contribution in [0.1, 0.15) is 49.2 Å². The highest BCUT2D eigenvalue weighted by Crippen LogP contribution is 2.40. The maximum atomic E-state index is 13.2. The van der Waals surface area contributed by atoms with Crippen LogP contribution in [0.3, 0.4) is 0 Å². The summed E-state index contributed by atoms with van der Waals surface area (Å²) < 4.78 is 5.62. The molecular weight excluding hydrogens is 436 g/mol. The number of esters is 1. The summed E-state index contributed by atoms with van der Waals surface area (Å²) in [6, 6.07) is 10.7. The highest BCUT2D eigenvalue weighted by Gasteiger charge is 2.38. The summed E-state index contributed by atoms with van der Waals surface area (Å²) in [5.41, 5.74) is 3.34. The van der Waals surface area contributed by atoms with Gasteiger partial charge in [0.25, 0.3) is 5.91 Å². The molecule has 2 aromatic rings. The highest BCUT2D eigenvalue weighted by molar-refractivity contribution is 8.13. The lowest BCUT2D eigenvalue weighted by atomic mass is 9.94. The second-order valence-electron chi connectivity index (χ2n) is 8.50. The number of ether oxygens (including phenoxy) is 1. The Morgan fingerprint density at radius 2 is 2.03 bits per heavy atom. The van der Waals surface area contributed by atoms with Crippen LogP contribution < -0.4 is 5.32 Å². The van der Waals surface area contributed by atoms with E-state index in [1.54, 1.807) is 36.3 Å². The van der Waals surface area contributed by atoms with E-state index in [0.29, 0.717) is 29.1 Å². The molecule has 1 atom stereocenters. The van der Waals surface area contributed by atoms with Gasteiger partial charge < -0.3 is 15.0 Å². The Labute approximate surface area is 198 Å². The number of nitrogens with zero attached hydrogens (tertiary/aromatic N) is 3. The molecule has 1 fully saturated rings. The smallest absolute Gasteiger partial charge is 0.338 e. The molecule has 172 valence electrons. The maximum Gasteiger partial charge on any atom is 0.338 e. The Hall–Kier alpha value is -3.13. The van der Waals surface area contributed by atoms with Crippen molar-refractivity contribution in [2.24, 2.45) is 10.9 Å². The van der Waals surface area contributed by atoms with Crippen LogP contribution in [0.5, 0.6) is 0 Å². The van der Waals surface area contributed by atoms with Gasteiger partial charge in [-0.05, 0) is 49.1 Å². The van der Waals surface area contributed by atoms with Crippen LogP contribution in [-0.2, 0) is 9.53 Å². The number of carbonyl (C=O) groups is 2. The van der Waals surface area contributed by atoms with Gasteiger partial charge in [-0.3, -0.25) is 9.78 Å². The summed E-state index contributed by atoms with van der Waals surface area (Å²) in [5, 5.41) is 3.88. The van der Waals surface area contributed by atoms with Crippen LogP contribution in [0.2, 0.25) is 0 Å². The van der Waals surface area contributed by atoms with Crippen molar-refractivity contribution in [2.45, 2.75) is 33.2 Å². The number of hydrogen-bond acceptors (Lipinski definition) is 7. The number of pyridine rings is 1. The van der Waals surface area contributed by atoms with Crippen LogP contribution >= 0.6 is 11.8 Å². The molecule has 1 saturated heterocycles. The van der Waals surface area contributed by atoms with Crippen molar-refractivity contribution in [3.8, 4) is 0 Å². The average molecular weight is 465 g/mol. The van der Waals surface area contributed by atoms with E-state index >= 15 is 0 Å². The lowest BCUT2D eigenvalue weighted by molar-refractivity contribution is -0.140. The van der Waals surface area contributed by atoms with Gasteiger partial charge in [0.1, 0.15) is 0 Å². The minimum atomic E-state index is -0.337. The largest absolute Gasteiger partial charge is 0.462 e. The molecule has 33 heavy (non-hydrogen) atoms. The first-order chi connectivity index (χ1) is 15.9. The summed E-state index contributed by atoms with van der Waals surface area (Å²) >= 11 is 1.71. The Morgan fingerprint density at radius 3 is 2.79 bits per heavy atom. The van der Waals surface area contributed by atoms with E-state index in [1.807, 2.05) is 45.0 Å². The normalized spacial score (nSPS) is 18.0. The first-order valence-corrected chi connectivity index (χ1v) is 12.1. The molecule has 1 aromatic carbocycles. The van der Waals surface area contributed by atoms with Crippen molar-refractivity contribution < 1.29 is 14.3 Å². The quantitative estimate of drug-likeness (QED) is 0.626. The molecule has 1 N–H and O–H groups in total. The summed E-state index contributed by atoms with van der Waals surface area (Å²) in [7, 11) is 0. The molecule has 7 nitrogen and oxygen atoms in total. The molecule has 1 unspecified atom stereocenters. The molecule has 0 bridgehead atoms. The second-order valence-corrected chi connectivity index (χ2v) is 9.56. The Bertz CT molecular complexity index is 1100. The third-order valence-electron chi connectivity index (χ3n) is 5.43. The molecule has 3 heterocycles. The molecule has 2 aliphatic rings. The standard InChI is InChI=1S/C25H28N4O3S/c1-16(2)15-32-24(31)21-17(3)27-25-29(12-5-13-33-25)22(21)19-6-4-7-20(14-19)28-23(30)18-8-10-26-11-9-18/h4,6-11,14,16,22H,5,12-13,15H2,1-3H3,(H,28,30). The van der Waals surface area contributed by atoms with E-state index in [1.165, 1.54) is 0 Å². The first kappa shape index (κ1) is 23.0. The molecule has 0 spiro atoms. The molecule has 1 amide bonds. The minimum Gasteiger partial charge on any atom is -0.462 e. The zero-order valence-electron chi connectivity index (χ0n) is 19.1. The molecular formula is C25H28N4O3S. The number of carbonyl (C=O) groups excluding carboxylic acids is 2. The summed E-state index contributed by atoms with van der Waals surface area (Å²) in [4.78, 5) is 36.7. The maximum absolute atomic E-state index is 13.2. The number of thioether (sulfide) groups is 1. The lowest BCUT2D eigenvalue weighted by Crippen LogP contribution is -2.42. The van der Waals surface area contributed by atoms with Crippen molar-refractivity contribution in [2.75, 3.05) is 24.2 Å². The number of allylic oxidation sites excluding steroid dienone is 1. The number of benzene rings is 1. The third-order valence-corrected chi connectivity index (χ3v) is 6.51. The van der Waals surface area contributed by atoms with Crippen molar-refractivity contribution >= 4 is 34.5 Å². The number of aliphatic imine (C=N–C) groups is 1. The number of anilines is 1. The van der Waals surface area contributed by atoms with Gasteiger partial charge in [-0.1, -0.05) is 37.7 Å². The van der Waals surface area contributed by atoms with Gasteiger partial charge in [-0.2, -0.15) is 0 Å². The monoisotopic (exact) mass is 464 g/mol. The minimum absolute atomic E-state index is 0.211. The highest BCUT2D eigenvalue weighted by atomic mass is 32.2. The number of hydrogen-bond donors (Lipinski definition) is 1. The van der Waals surface area contributed by atoms with E-state index in [2.05, 4.69) is 15.2 Å². The summed E-state index contributed by atoms with van der Waals surface area (Å²) in [5.74, 6) is 0.700. The molecule has 4 rings (SSSR count). The number of amidine groups is 1. The fourth-order valence-electron chi connectivity index (χ4n) is 3.89. The fourth-order valence-corrected chi connectivity index (χ4v) is 4.91. The number of amides is 1. The van der Waals surface area contributed by atoms with Crippen LogP contribution in [0.15, 0.2) is 65.1 Å². The molecule has 8 heteroatoms. The number of nitrogens with one attached hydrogen (secondary N) is 1. The van der Waals surface area contributed by atoms with Gasteiger partial charge in [0.15, 0.2) is 5.17 Å². The average Bonchev–Trinajstić information content (AvgIpc) is 2.82. The SMILES string of the molecule is CC1=C(C(=O)OCC(C)C)C(c2cccc(NC(=O)c3ccncc3)c2)N2CCCSC2=N1. The zero-order chi connectivity index (χ0) is 23.4. The molecule has 0 radical (unpaired) electrons. The molecule has 0 saturated carbocycles. The van der Waals surface area contributed by atoms with E-state index in [9.17, 15) is 9.59 Å². The van der Waals surface area contributed by atoms with Gasteiger partial charge in [0.05, 0.1) is 23.9 Å². The molecule has 0 aliphatic carbocycles. The second kappa shape index (κ2) is 10.2. The van der Waals surface area contributed by atoms with Crippen LogP contribution in [0, 0.1) is 5.92 Å². The van der Waals surface area contributed by atoms with E-state index in [4.69, 9.17) is 9.73 Å². The van der Waals surface area contributed by atoms with Crippen LogP contribution in [0.25, 0.3) is 0 Å². The Morgan fingerprint density at radius 1 is 1.24 bits per heavy atom. The predicted molar refractivity (Wildman–Crippen MR) is 131 cm³/mol. The van der Waals surface area contributed by atoms with Gasteiger partial charge >= 0.3 is 5.97 Å². The van der Waals surface area contributed by atoms with Crippen LogP contribution in [0.4, 0.5) is 5.69 Å². The zero-order valence-corrected chi connectivity index (χ0v) is 19.9. The Balaban J connectivity index is 1.67. The molecule has 2 aliphatic heterocycles. The van der Waals surface area contributed by atoms with Crippen molar-refractivity contribution in [3.63, 3.8) is 0 Å². The number of aromatic nitrogens is 1. The van der Waals surface area contributed by atoms with Gasteiger partial charge in [0, 0.05) is 35.9 Å². The predicted octanol–water partition coefficient (Wildman–Crippen LogP) is 4.66. The van der Waals surface area contributed by atoms with Gasteiger partial charge in [0.2, 0.25) is 0 Å². The van der Waals surface area contributed by atoms with Gasteiger partial charge in [-0.15, -0.1) is 0 Å². The topological polar surface area (TPSA) is 83.9 Å². The summed E-state index contributed by atoms with van der Waals surface area (Å²) in [6.07, 6.45) is 4.18. The molecule has 1 aromatic heterocycles. The van der Waals surface area contributed by atoms with Crippen molar-refractivity contribution in [1.29, 1.82) is 0 Å². The van der Waals surface area contributed by atoms with Crippen molar-refractivity contribution in [3.05, 3.63) is 71.2 Å². The van der Waals surface area contributed by atoms with Gasteiger partial charge in [-0.25, -0.2) is 9.79 Å². The fraction of sp³-hybridized carbons (Fsp3) is 0.360. The van der Waals surface area contributed by atoms with E-state index in [-0.39, 0.29) is 23.8 Å². The van der Waals surface area contributed by atoms with E-state index in [0.717, 1.165) is 29.4 Å². The summed E-state index contributed by atoms with van der Waals surface area (Å²) in [6.45, 7) is 7.06. The number of rotatable bonds is 6. The third kappa shape index (κ3) is 5.27. The van der Waals surface area contributed by atoms with Crippen LogP contribution in [-0.4, -0.2) is 45.8 Å². The Kier molecular flexibility index (Phi) is 7.13. The lowest BCUT2D eigenvalue weighted by Gasteiger charge is -2.40. The number of fused-ring (bicyclic) bond motifs is 1. The first-order valence-electron chi connectivity index (χ1n) is 11.1. The van der Waals surface area contributed by atoms with Crippen molar-refractivity contribution in [1.82, 2.24) is 9.88 Å². The van der Waals surface area contributed by atoms with E-state index < -0.39 is 0 Å².